The summed E-state index contributed by atoms with van der Waals surface area (Å²) in [4.78, 5) is 17.3. The number of pyridine rings is 1. The molecule has 0 bridgehead atoms. The molecule has 6 nitrogen and oxygen atoms in total. The van der Waals surface area contributed by atoms with Crippen molar-refractivity contribution in [1.82, 2.24) is 19.7 Å². The van der Waals surface area contributed by atoms with Crippen LogP contribution in [0.2, 0.25) is 0 Å². The van der Waals surface area contributed by atoms with Crippen molar-refractivity contribution in [2.75, 3.05) is 5.32 Å². The van der Waals surface area contributed by atoms with E-state index in [1.54, 1.807) is 12.4 Å². The van der Waals surface area contributed by atoms with E-state index < -0.39 is 0 Å². The number of carbonyl (C=O) groups is 1. The lowest BCUT2D eigenvalue weighted by atomic mass is 10.0. The minimum Gasteiger partial charge on any atom is -0.325 e. The Balaban J connectivity index is 1.70. The number of carbonyl (C=O) groups excluding carboxylic acids is 1. The third-order valence-electron chi connectivity index (χ3n) is 5.64. The number of thioether (sulfide) groups is 1. The molecule has 0 radical (unpaired) electrons. The second-order valence-corrected chi connectivity index (χ2v) is 9.97. The maximum atomic E-state index is 13.1. The van der Waals surface area contributed by atoms with Gasteiger partial charge in [0.1, 0.15) is 0 Å². The van der Waals surface area contributed by atoms with E-state index in [0.717, 1.165) is 28.1 Å². The number of aryl methyl sites for hydroxylation is 2. The third-order valence-corrected chi connectivity index (χ3v) is 6.69. The lowest BCUT2D eigenvalue weighted by molar-refractivity contribution is -0.115. The molecule has 0 saturated carbocycles. The second-order valence-electron chi connectivity index (χ2n) is 8.66. The van der Waals surface area contributed by atoms with E-state index in [1.807, 2.05) is 61.7 Å². The van der Waals surface area contributed by atoms with Crippen molar-refractivity contribution in [3.8, 4) is 17.1 Å². The molecule has 0 aliphatic rings. The Bertz CT molecular complexity index is 1300. The first-order chi connectivity index (χ1) is 16.3. The molecular weight excluding hydrogens is 442 g/mol. The van der Waals surface area contributed by atoms with E-state index in [9.17, 15) is 4.79 Å². The fraction of sp³-hybridized carbons (Fsp3) is 0.259. The van der Waals surface area contributed by atoms with Gasteiger partial charge in [-0.25, -0.2) is 0 Å². The zero-order valence-corrected chi connectivity index (χ0v) is 20.9. The highest BCUT2D eigenvalue weighted by Gasteiger charge is 2.24. The molecule has 0 fully saturated rings. The molecule has 4 aromatic rings. The molecule has 1 unspecified atom stereocenters. The van der Waals surface area contributed by atoms with E-state index in [1.165, 1.54) is 17.3 Å². The Hall–Kier alpha value is -3.45. The molecule has 1 amide bonds. The monoisotopic (exact) mass is 471 g/mol. The number of benzene rings is 2. The zero-order valence-electron chi connectivity index (χ0n) is 20.1. The lowest BCUT2D eigenvalue weighted by Gasteiger charge is -2.18. The molecule has 4 rings (SSSR count). The van der Waals surface area contributed by atoms with Gasteiger partial charge in [0.15, 0.2) is 11.0 Å². The van der Waals surface area contributed by atoms with E-state index in [-0.39, 0.29) is 11.2 Å². The van der Waals surface area contributed by atoms with Gasteiger partial charge in [-0.1, -0.05) is 61.5 Å². The standard InChI is InChI=1S/C27H29N5OS/c1-17(2)22-10-6-7-11-24(22)32-25(21-9-8-14-28-16-21)30-31-27(32)34-20(5)26(33)29-23-13-12-18(3)15-19(23)4/h6-17,20H,1-5H3,(H,29,33). The fourth-order valence-electron chi connectivity index (χ4n) is 3.82. The van der Waals surface area contributed by atoms with Gasteiger partial charge in [-0.15, -0.1) is 10.2 Å². The molecule has 7 heteroatoms. The highest BCUT2D eigenvalue weighted by molar-refractivity contribution is 8.00. The summed E-state index contributed by atoms with van der Waals surface area (Å²) >= 11 is 1.39. The lowest BCUT2D eigenvalue weighted by Crippen LogP contribution is -2.23. The van der Waals surface area contributed by atoms with Crippen LogP contribution in [0.25, 0.3) is 17.1 Å². The second kappa shape index (κ2) is 10.2. The molecule has 1 N–H and O–H groups in total. The number of hydrogen-bond donors (Lipinski definition) is 1. The Morgan fingerprint density at radius 2 is 1.79 bits per heavy atom. The van der Waals surface area contributed by atoms with Crippen molar-refractivity contribution in [3.63, 3.8) is 0 Å². The molecule has 0 spiro atoms. The number of amides is 1. The normalized spacial score (nSPS) is 12.1. The van der Waals surface area contributed by atoms with Crippen LogP contribution in [0.5, 0.6) is 0 Å². The summed E-state index contributed by atoms with van der Waals surface area (Å²) in [6.07, 6.45) is 3.52. The topological polar surface area (TPSA) is 72.7 Å². The van der Waals surface area contributed by atoms with Gasteiger partial charge in [-0.2, -0.15) is 0 Å². The maximum Gasteiger partial charge on any atom is 0.237 e. The highest BCUT2D eigenvalue weighted by Crippen LogP contribution is 2.33. The van der Waals surface area contributed by atoms with Crippen molar-refractivity contribution in [2.45, 2.75) is 50.9 Å². The number of para-hydroxylation sites is 1. The molecule has 2 aromatic carbocycles. The van der Waals surface area contributed by atoms with Crippen molar-refractivity contribution < 1.29 is 4.79 Å². The predicted octanol–water partition coefficient (Wildman–Crippen LogP) is 6.19. The van der Waals surface area contributed by atoms with Gasteiger partial charge in [0.2, 0.25) is 5.91 Å². The van der Waals surface area contributed by atoms with Crippen LogP contribution in [0.4, 0.5) is 5.69 Å². The average Bonchev–Trinajstić information content (AvgIpc) is 3.24. The molecule has 174 valence electrons. The number of aromatic nitrogens is 4. The largest absolute Gasteiger partial charge is 0.325 e. The van der Waals surface area contributed by atoms with Gasteiger partial charge >= 0.3 is 0 Å². The predicted molar refractivity (Wildman–Crippen MR) is 139 cm³/mol. The van der Waals surface area contributed by atoms with Gasteiger partial charge < -0.3 is 5.32 Å². The number of rotatable bonds is 7. The zero-order chi connectivity index (χ0) is 24.2. The average molecular weight is 472 g/mol. The van der Waals surface area contributed by atoms with Crippen LogP contribution >= 0.6 is 11.8 Å². The minimum atomic E-state index is -0.378. The number of nitrogens with zero attached hydrogens (tertiary/aromatic N) is 4. The summed E-state index contributed by atoms with van der Waals surface area (Å²) in [6, 6.07) is 18.1. The van der Waals surface area contributed by atoms with Crippen LogP contribution in [0.3, 0.4) is 0 Å². The van der Waals surface area contributed by atoms with Crippen LogP contribution in [-0.2, 0) is 4.79 Å². The number of hydrogen-bond acceptors (Lipinski definition) is 5. The summed E-state index contributed by atoms with van der Waals surface area (Å²) in [5.41, 5.74) is 6.09. The van der Waals surface area contributed by atoms with Crippen LogP contribution in [0.15, 0.2) is 72.1 Å². The molecular formula is C27H29N5OS. The first-order valence-electron chi connectivity index (χ1n) is 11.3. The summed E-state index contributed by atoms with van der Waals surface area (Å²) in [6.45, 7) is 10.3. The van der Waals surface area contributed by atoms with E-state index in [2.05, 4.69) is 52.5 Å². The van der Waals surface area contributed by atoms with E-state index in [0.29, 0.717) is 16.9 Å². The van der Waals surface area contributed by atoms with Crippen molar-refractivity contribution in [2.24, 2.45) is 0 Å². The minimum absolute atomic E-state index is 0.0772. The number of nitrogens with one attached hydrogen (secondary N) is 1. The Morgan fingerprint density at radius 3 is 2.50 bits per heavy atom. The molecule has 0 aliphatic heterocycles. The van der Waals surface area contributed by atoms with Crippen LogP contribution in [0, 0.1) is 13.8 Å². The first kappa shape index (κ1) is 23.7. The molecule has 1 atom stereocenters. The number of anilines is 1. The Labute approximate surface area is 204 Å². The third kappa shape index (κ3) is 5.04. The molecule has 2 heterocycles. The summed E-state index contributed by atoms with van der Waals surface area (Å²) in [5, 5.41) is 12.3. The molecule has 0 aliphatic carbocycles. The van der Waals surface area contributed by atoms with Crippen molar-refractivity contribution >= 4 is 23.4 Å². The van der Waals surface area contributed by atoms with Crippen LogP contribution < -0.4 is 5.32 Å². The van der Waals surface area contributed by atoms with Gasteiger partial charge in [0.25, 0.3) is 0 Å². The van der Waals surface area contributed by atoms with Gasteiger partial charge in [-0.3, -0.25) is 14.3 Å². The van der Waals surface area contributed by atoms with Gasteiger partial charge in [0.05, 0.1) is 10.9 Å². The van der Waals surface area contributed by atoms with Gasteiger partial charge in [-0.05, 0) is 62.1 Å². The SMILES string of the molecule is Cc1ccc(NC(=O)C(C)Sc2nnc(-c3cccnc3)n2-c2ccccc2C(C)C)c(C)c1. The van der Waals surface area contributed by atoms with Gasteiger partial charge in [0, 0.05) is 23.6 Å². The Kier molecular flexibility index (Phi) is 7.12. The summed E-state index contributed by atoms with van der Waals surface area (Å²) < 4.78 is 2.04. The van der Waals surface area contributed by atoms with Crippen LogP contribution in [-0.4, -0.2) is 30.9 Å². The van der Waals surface area contributed by atoms with Crippen molar-refractivity contribution in [3.05, 3.63) is 83.7 Å². The van der Waals surface area contributed by atoms with Crippen molar-refractivity contribution in [1.29, 1.82) is 0 Å². The van der Waals surface area contributed by atoms with E-state index >= 15 is 0 Å². The van der Waals surface area contributed by atoms with E-state index in [4.69, 9.17) is 0 Å². The first-order valence-corrected chi connectivity index (χ1v) is 12.2. The smallest absolute Gasteiger partial charge is 0.237 e. The quantitative estimate of drug-likeness (QED) is 0.325. The molecule has 2 aromatic heterocycles. The fourth-order valence-corrected chi connectivity index (χ4v) is 4.69. The van der Waals surface area contributed by atoms with Crippen LogP contribution in [0.1, 0.15) is 43.4 Å². The Morgan fingerprint density at radius 1 is 1.00 bits per heavy atom. The highest BCUT2D eigenvalue weighted by atomic mass is 32.2. The maximum absolute atomic E-state index is 13.1. The molecule has 34 heavy (non-hydrogen) atoms. The summed E-state index contributed by atoms with van der Waals surface area (Å²) in [7, 11) is 0. The molecule has 0 saturated heterocycles. The summed E-state index contributed by atoms with van der Waals surface area (Å²) in [5.74, 6) is 0.931.